The van der Waals surface area contributed by atoms with Crippen LogP contribution < -0.4 is 4.90 Å². The van der Waals surface area contributed by atoms with Crippen molar-refractivity contribution < 1.29 is 19.5 Å². The standard InChI is InChI=1S/C13H12N2O4S/c16-10(17)5-4-7-6-14-13(20-7)15-11(18)8-2-1-3-9(8)12(15)19/h4-6,8-9H,1-3H2,(H,16,17)/b5-4+. The number of hydrogen-bond acceptors (Lipinski definition) is 5. The highest BCUT2D eigenvalue weighted by Gasteiger charge is 2.51. The number of thiazole rings is 1. The van der Waals surface area contributed by atoms with E-state index in [1.165, 1.54) is 12.3 Å². The Morgan fingerprint density at radius 3 is 2.60 bits per heavy atom. The quantitative estimate of drug-likeness (QED) is 0.674. The smallest absolute Gasteiger partial charge is 0.328 e. The van der Waals surface area contributed by atoms with Crippen molar-refractivity contribution in [3.63, 3.8) is 0 Å². The summed E-state index contributed by atoms with van der Waals surface area (Å²) in [6.07, 6.45) is 6.32. The Morgan fingerprint density at radius 1 is 1.35 bits per heavy atom. The normalized spacial score (nSPS) is 25.7. The molecule has 1 N–H and O–H groups in total. The first-order valence-electron chi connectivity index (χ1n) is 6.32. The third-order valence-corrected chi connectivity index (χ3v) is 4.63. The van der Waals surface area contributed by atoms with Crippen molar-refractivity contribution in [2.24, 2.45) is 11.8 Å². The molecule has 6 nitrogen and oxygen atoms in total. The zero-order chi connectivity index (χ0) is 14.3. The predicted octanol–water partition coefficient (Wildman–Crippen LogP) is 1.53. The molecule has 2 aliphatic rings. The second-order valence-corrected chi connectivity index (χ2v) is 5.91. The SMILES string of the molecule is O=C(O)/C=C/c1cnc(N2C(=O)C3CCCC3C2=O)s1. The first-order valence-corrected chi connectivity index (χ1v) is 7.14. The molecule has 0 aromatic carbocycles. The molecule has 0 radical (unpaired) electrons. The highest BCUT2D eigenvalue weighted by atomic mass is 32.1. The maximum atomic E-state index is 12.2. The third-order valence-electron chi connectivity index (χ3n) is 3.68. The van der Waals surface area contributed by atoms with Crippen molar-refractivity contribution in [2.75, 3.05) is 4.90 Å². The monoisotopic (exact) mass is 292 g/mol. The first-order chi connectivity index (χ1) is 9.58. The lowest BCUT2D eigenvalue weighted by atomic mass is 10.00. The molecule has 2 unspecified atom stereocenters. The van der Waals surface area contributed by atoms with Gasteiger partial charge in [0.15, 0.2) is 5.13 Å². The highest BCUT2D eigenvalue weighted by molar-refractivity contribution is 7.16. The van der Waals surface area contributed by atoms with Crippen LogP contribution >= 0.6 is 11.3 Å². The molecule has 0 bridgehead atoms. The predicted molar refractivity (Wildman–Crippen MR) is 72.1 cm³/mol. The van der Waals surface area contributed by atoms with Gasteiger partial charge in [-0.1, -0.05) is 17.8 Å². The van der Waals surface area contributed by atoms with Crippen LogP contribution in [0.25, 0.3) is 6.08 Å². The van der Waals surface area contributed by atoms with Crippen LogP contribution in [0.15, 0.2) is 12.3 Å². The zero-order valence-corrected chi connectivity index (χ0v) is 11.3. The topological polar surface area (TPSA) is 87.6 Å². The molecule has 1 saturated heterocycles. The number of hydrogen-bond donors (Lipinski definition) is 1. The van der Waals surface area contributed by atoms with E-state index >= 15 is 0 Å². The minimum absolute atomic E-state index is 0.166. The van der Waals surface area contributed by atoms with Crippen LogP contribution in [-0.4, -0.2) is 27.9 Å². The largest absolute Gasteiger partial charge is 0.478 e. The van der Waals surface area contributed by atoms with Gasteiger partial charge in [-0.25, -0.2) is 14.7 Å². The number of rotatable bonds is 3. The lowest BCUT2D eigenvalue weighted by Gasteiger charge is -2.11. The van der Waals surface area contributed by atoms with E-state index in [0.717, 1.165) is 41.6 Å². The molecule has 1 aliphatic carbocycles. The van der Waals surface area contributed by atoms with Gasteiger partial charge in [-0.2, -0.15) is 0 Å². The van der Waals surface area contributed by atoms with Gasteiger partial charge in [0.25, 0.3) is 0 Å². The second kappa shape index (κ2) is 4.82. The summed E-state index contributed by atoms with van der Waals surface area (Å²) in [7, 11) is 0. The van der Waals surface area contributed by atoms with E-state index in [0.29, 0.717) is 10.0 Å². The van der Waals surface area contributed by atoms with Gasteiger partial charge in [0.2, 0.25) is 11.8 Å². The van der Waals surface area contributed by atoms with Crippen molar-refractivity contribution in [1.82, 2.24) is 4.98 Å². The van der Waals surface area contributed by atoms with Crippen LogP contribution in [0, 0.1) is 11.8 Å². The highest BCUT2D eigenvalue weighted by Crippen LogP contribution is 2.42. The molecule has 20 heavy (non-hydrogen) atoms. The Morgan fingerprint density at radius 2 is 2.00 bits per heavy atom. The molecule has 7 heteroatoms. The van der Waals surface area contributed by atoms with E-state index < -0.39 is 5.97 Å². The molecule has 1 aliphatic heterocycles. The van der Waals surface area contributed by atoms with E-state index in [2.05, 4.69) is 4.98 Å². The number of amides is 2. The van der Waals surface area contributed by atoms with E-state index in [1.54, 1.807) is 0 Å². The Hall–Kier alpha value is -2.02. The number of carbonyl (C=O) groups is 3. The minimum atomic E-state index is -1.05. The number of aliphatic carboxylic acids is 1. The fraction of sp³-hybridized carbons (Fsp3) is 0.385. The minimum Gasteiger partial charge on any atom is -0.478 e. The van der Waals surface area contributed by atoms with Gasteiger partial charge >= 0.3 is 5.97 Å². The molecule has 104 valence electrons. The van der Waals surface area contributed by atoms with Crippen molar-refractivity contribution in [1.29, 1.82) is 0 Å². The Bertz CT molecular complexity index is 600. The maximum Gasteiger partial charge on any atom is 0.328 e. The number of carboxylic acids is 1. The number of fused-ring (bicyclic) bond motifs is 1. The van der Waals surface area contributed by atoms with Gasteiger partial charge in [0.05, 0.1) is 11.8 Å². The van der Waals surface area contributed by atoms with Crippen molar-refractivity contribution >= 4 is 40.3 Å². The molecule has 0 spiro atoms. The summed E-state index contributed by atoms with van der Waals surface area (Å²) in [4.78, 5) is 40.7. The first kappa shape index (κ1) is 13.0. The van der Waals surface area contributed by atoms with Gasteiger partial charge in [-0.15, -0.1) is 0 Å². The lowest BCUT2D eigenvalue weighted by molar-refractivity contribution is -0.131. The van der Waals surface area contributed by atoms with Gasteiger partial charge in [-0.3, -0.25) is 9.59 Å². The lowest BCUT2D eigenvalue weighted by Crippen LogP contribution is -2.31. The molecule has 1 aromatic rings. The number of carbonyl (C=O) groups excluding carboxylic acids is 2. The summed E-state index contributed by atoms with van der Waals surface area (Å²) >= 11 is 1.14. The summed E-state index contributed by atoms with van der Waals surface area (Å²) < 4.78 is 0. The fourth-order valence-electron chi connectivity index (χ4n) is 2.79. The van der Waals surface area contributed by atoms with Crippen LogP contribution in [-0.2, 0) is 14.4 Å². The van der Waals surface area contributed by atoms with Crippen LogP contribution in [0.3, 0.4) is 0 Å². The number of imide groups is 1. The van der Waals surface area contributed by atoms with Gasteiger partial charge in [0, 0.05) is 17.2 Å². The Labute approximate surface area is 118 Å². The molecule has 2 atom stereocenters. The summed E-state index contributed by atoms with van der Waals surface area (Å²) in [6.45, 7) is 0. The molecule has 1 aromatic heterocycles. The Balaban J connectivity index is 1.85. The van der Waals surface area contributed by atoms with E-state index in [1.807, 2.05) is 0 Å². The zero-order valence-electron chi connectivity index (χ0n) is 10.5. The molecule has 2 amide bonds. The van der Waals surface area contributed by atoms with Crippen molar-refractivity contribution in [2.45, 2.75) is 19.3 Å². The van der Waals surface area contributed by atoms with Crippen molar-refractivity contribution in [3.05, 3.63) is 17.2 Å². The average molecular weight is 292 g/mol. The van der Waals surface area contributed by atoms with E-state index in [4.69, 9.17) is 5.11 Å². The number of anilines is 1. The summed E-state index contributed by atoms with van der Waals surface area (Å²) in [5.74, 6) is -1.77. The Kier molecular flexibility index (Phi) is 3.13. The molecular formula is C13H12N2O4S. The number of nitrogens with zero attached hydrogens (tertiary/aromatic N) is 2. The number of aromatic nitrogens is 1. The maximum absolute atomic E-state index is 12.2. The van der Waals surface area contributed by atoms with Crippen LogP contribution in [0.4, 0.5) is 5.13 Å². The molecular weight excluding hydrogens is 280 g/mol. The molecule has 2 fully saturated rings. The third kappa shape index (κ3) is 2.03. The van der Waals surface area contributed by atoms with Gasteiger partial charge in [-0.05, 0) is 18.9 Å². The fourth-order valence-corrected chi connectivity index (χ4v) is 3.62. The summed E-state index contributed by atoms with van der Waals surface area (Å²) in [5, 5.41) is 8.90. The van der Waals surface area contributed by atoms with E-state index in [-0.39, 0.29) is 23.7 Å². The molecule has 2 heterocycles. The van der Waals surface area contributed by atoms with Crippen LogP contribution in [0.2, 0.25) is 0 Å². The average Bonchev–Trinajstić information content (AvgIpc) is 3.08. The van der Waals surface area contributed by atoms with Crippen LogP contribution in [0.5, 0.6) is 0 Å². The van der Waals surface area contributed by atoms with Gasteiger partial charge in [0.1, 0.15) is 0 Å². The summed E-state index contributed by atoms with van der Waals surface area (Å²) in [6, 6.07) is 0. The second-order valence-electron chi connectivity index (χ2n) is 4.87. The molecule has 3 rings (SSSR count). The molecule has 1 saturated carbocycles. The van der Waals surface area contributed by atoms with Crippen molar-refractivity contribution in [3.8, 4) is 0 Å². The van der Waals surface area contributed by atoms with Crippen LogP contribution in [0.1, 0.15) is 24.1 Å². The van der Waals surface area contributed by atoms with E-state index in [9.17, 15) is 14.4 Å². The van der Waals surface area contributed by atoms with Gasteiger partial charge < -0.3 is 5.11 Å². The summed E-state index contributed by atoms with van der Waals surface area (Å²) in [5.41, 5.74) is 0. The number of carboxylic acid groups (broad SMARTS) is 1.